The second-order valence-corrected chi connectivity index (χ2v) is 6.77. The number of nitrogens with zero attached hydrogens (tertiary/aromatic N) is 2. The summed E-state index contributed by atoms with van der Waals surface area (Å²) in [6, 6.07) is 11.8. The molecule has 1 amide bonds. The average Bonchev–Trinajstić information content (AvgIpc) is 2.84. The summed E-state index contributed by atoms with van der Waals surface area (Å²) in [5, 5.41) is 0. The maximum atomic E-state index is 12.7. The molecule has 0 unspecified atom stereocenters. The Hall–Kier alpha value is -2.01. The van der Waals surface area contributed by atoms with Gasteiger partial charge in [0.25, 0.3) is 5.91 Å². The summed E-state index contributed by atoms with van der Waals surface area (Å²) in [4.78, 5) is 16.6. The van der Waals surface area contributed by atoms with Gasteiger partial charge in [0.05, 0.1) is 7.11 Å². The Labute approximate surface area is 144 Å². The lowest BCUT2D eigenvalue weighted by molar-refractivity contribution is 0.0766. The summed E-state index contributed by atoms with van der Waals surface area (Å²) < 4.78 is 6.11. The molecule has 0 aromatic heterocycles. The lowest BCUT2D eigenvalue weighted by atomic mass is 10.1. The Morgan fingerprint density at radius 3 is 2.52 bits per heavy atom. The number of hydrogen-bond donors (Lipinski definition) is 0. The van der Waals surface area contributed by atoms with Crippen molar-refractivity contribution in [2.75, 3.05) is 26.1 Å². The Morgan fingerprint density at radius 2 is 1.91 bits per heavy atom. The molecule has 3 rings (SSSR count). The maximum absolute atomic E-state index is 12.7. The number of ether oxygens (including phenoxy) is 1. The second-order valence-electron chi connectivity index (χ2n) is 5.85. The lowest BCUT2D eigenvalue weighted by Gasteiger charge is -2.18. The van der Waals surface area contributed by atoms with Crippen molar-refractivity contribution < 1.29 is 9.53 Å². The van der Waals surface area contributed by atoms with E-state index < -0.39 is 0 Å². The molecule has 0 saturated heterocycles. The molecule has 120 valence electrons. The highest BCUT2D eigenvalue weighted by Gasteiger charge is 2.30. The summed E-state index contributed by atoms with van der Waals surface area (Å²) in [6.45, 7) is 1.24. The summed E-state index contributed by atoms with van der Waals surface area (Å²) in [5.74, 6) is 0.906. The van der Waals surface area contributed by atoms with Crippen molar-refractivity contribution in [2.24, 2.45) is 0 Å². The zero-order valence-corrected chi connectivity index (χ0v) is 15.1. The van der Waals surface area contributed by atoms with Gasteiger partial charge in [-0.25, -0.2) is 0 Å². The number of halogens is 1. The lowest BCUT2D eigenvalue weighted by Crippen LogP contribution is -2.23. The van der Waals surface area contributed by atoms with E-state index >= 15 is 0 Å². The van der Waals surface area contributed by atoms with Crippen LogP contribution < -0.4 is 9.64 Å². The molecule has 0 spiro atoms. The van der Waals surface area contributed by atoms with E-state index in [4.69, 9.17) is 4.74 Å². The fourth-order valence-electron chi connectivity index (χ4n) is 2.89. The topological polar surface area (TPSA) is 32.8 Å². The zero-order valence-electron chi connectivity index (χ0n) is 13.5. The van der Waals surface area contributed by atoms with Crippen LogP contribution in [-0.2, 0) is 13.1 Å². The highest BCUT2D eigenvalue weighted by molar-refractivity contribution is 9.10. The molecule has 0 bridgehead atoms. The largest absolute Gasteiger partial charge is 0.497 e. The van der Waals surface area contributed by atoms with E-state index in [2.05, 4.69) is 22.0 Å². The Morgan fingerprint density at radius 1 is 1.22 bits per heavy atom. The zero-order chi connectivity index (χ0) is 16.6. The van der Waals surface area contributed by atoms with Crippen molar-refractivity contribution in [3.8, 4) is 5.75 Å². The predicted molar refractivity (Wildman–Crippen MR) is 95.0 cm³/mol. The minimum absolute atomic E-state index is 0.0835. The first-order valence-corrected chi connectivity index (χ1v) is 8.21. The van der Waals surface area contributed by atoms with Crippen molar-refractivity contribution in [1.82, 2.24) is 4.90 Å². The SMILES string of the molecule is COc1ccc(CN2Cc3c(cc(Br)cc3N(C)C)C2=O)cc1. The van der Waals surface area contributed by atoms with E-state index in [1.807, 2.05) is 54.2 Å². The van der Waals surface area contributed by atoms with Gasteiger partial charge in [-0.05, 0) is 29.8 Å². The maximum Gasteiger partial charge on any atom is 0.254 e. The Kier molecular flexibility index (Phi) is 4.31. The van der Waals surface area contributed by atoms with Crippen LogP contribution in [0.4, 0.5) is 5.69 Å². The number of methoxy groups -OCH3 is 1. The molecule has 2 aromatic carbocycles. The number of carbonyl (C=O) groups is 1. The third-order valence-electron chi connectivity index (χ3n) is 4.07. The average molecular weight is 375 g/mol. The smallest absolute Gasteiger partial charge is 0.254 e. The molecule has 1 heterocycles. The molecular formula is C18H19BrN2O2. The molecule has 2 aromatic rings. The summed E-state index contributed by atoms with van der Waals surface area (Å²) in [7, 11) is 5.65. The molecule has 23 heavy (non-hydrogen) atoms. The van der Waals surface area contributed by atoms with Gasteiger partial charge >= 0.3 is 0 Å². The van der Waals surface area contributed by atoms with E-state index in [9.17, 15) is 4.79 Å². The molecule has 0 fully saturated rings. The van der Waals surface area contributed by atoms with Gasteiger partial charge in [-0.3, -0.25) is 4.79 Å². The minimum atomic E-state index is 0.0835. The highest BCUT2D eigenvalue weighted by Crippen LogP contribution is 2.34. The van der Waals surface area contributed by atoms with Crippen LogP contribution in [0.5, 0.6) is 5.75 Å². The quantitative estimate of drug-likeness (QED) is 0.818. The Balaban J connectivity index is 1.86. The van der Waals surface area contributed by atoms with Gasteiger partial charge < -0.3 is 14.5 Å². The molecule has 0 atom stereocenters. The van der Waals surface area contributed by atoms with Crippen molar-refractivity contribution in [3.05, 3.63) is 57.6 Å². The molecule has 4 nitrogen and oxygen atoms in total. The summed E-state index contributed by atoms with van der Waals surface area (Å²) in [6.07, 6.45) is 0. The van der Waals surface area contributed by atoms with Gasteiger partial charge in [-0.1, -0.05) is 28.1 Å². The van der Waals surface area contributed by atoms with Gasteiger partial charge in [0.15, 0.2) is 0 Å². The molecule has 0 aliphatic carbocycles. The number of amides is 1. The molecule has 0 radical (unpaired) electrons. The Bertz CT molecular complexity index is 741. The first-order chi connectivity index (χ1) is 11.0. The number of fused-ring (bicyclic) bond motifs is 1. The number of anilines is 1. The first-order valence-electron chi connectivity index (χ1n) is 7.41. The second kappa shape index (κ2) is 6.24. The first kappa shape index (κ1) is 15.9. The van der Waals surface area contributed by atoms with Gasteiger partial charge in [0.2, 0.25) is 0 Å². The monoisotopic (exact) mass is 374 g/mol. The number of rotatable bonds is 4. The van der Waals surface area contributed by atoms with Gasteiger partial charge in [0, 0.05) is 48.5 Å². The van der Waals surface area contributed by atoms with E-state index in [1.54, 1.807) is 7.11 Å². The predicted octanol–water partition coefficient (Wildman–Crippen LogP) is 3.68. The van der Waals surface area contributed by atoms with Crippen LogP contribution in [0.2, 0.25) is 0 Å². The van der Waals surface area contributed by atoms with Crippen LogP contribution in [0.15, 0.2) is 40.9 Å². The van der Waals surface area contributed by atoms with Crippen molar-refractivity contribution in [2.45, 2.75) is 13.1 Å². The normalized spacial score (nSPS) is 13.2. The fraction of sp³-hybridized carbons (Fsp3) is 0.278. The van der Waals surface area contributed by atoms with Crippen molar-refractivity contribution in [1.29, 1.82) is 0 Å². The minimum Gasteiger partial charge on any atom is -0.497 e. The highest BCUT2D eigenvalue weighted by atomic mass is 79.9. The summed E-state index contributed by atoms with van der Waals surface area (Å²) in [5.41, 5.74) is 4.06. The van der Waals surface area contributed by atoms with E-state index in [0.717, 1.165) is 32.6 Å². The fourth-order valence-corrected chi connectivity index (χ4v) is 3.34. The molecule has 1 aliphatic heterocycles. The van der Waals surface area contributed by atoms with Crippen LogP contribution >= 0.6 is 15.9 Å². The van der Waals surface area contributed by atoms with Crippen LogP contribution in [0.1, 0.15) is 21.5 Å². The van der Waals surface area contributed by atoms with E-state index in [0.29, 0.717) is 13.1 Å². The van der Waals surface area contributed by atoms with Gasteiger partial charge in [-0.2, -0.15) is 0 Å². The molecule has 1 aliphatic rings. The third kappa shape index (κ3) is 3.06. The standard InChI is InChI=1S/C18H19BrN2O2/c1-20(2)17-9-13(19)8-15-16(17)11-21(18(15)22)10-12-4-6-14(23-3)7-5-12/h4-9H,10-11H2,1-3H3. The van der Waals surface area contributed by atoms with Gasteiger partial charge in [0.1, 0.15) is 5.75 Å². The molecule has 0 saturated carbocycles. The molecule has 5 heteroatoms. The van der Waals surface area contributed by atoms with E-state index in [-0.39, 0.29) is 5.91 Å². The molecule has 0 N–H and O–H groups in total. The number of hydrogen-bond acceptors (Lipinski definition) is 3. The summed E-state index contributed by atoms with van der Waals surface area (Å²) >= 11 is 3.50. The van der Waals surface area contributed by atoms with Crippen LogP contribution in [0, 0.1) is 0 Å². The van der Waals surface area contributed by atoms with Crippen molar-refractivity contribution >= 4 is 27.5 Å². The van der Waals surface area contributed by atoms with Gasteiger partial charge in [-0.15, -0.1) is 0 Å². The van der Waals surface area contributed by atoms with Crippen LogP contribution in [0.3, 0.4) is 0 Å². The molecular weight excluding hydrogens is 356 g/mol. The van der Waals surface area contributed by atoms with E-state index in [1.165, 1.54) is 0 Å². The number of benzene rings is 2. The third-order valence-corrected chi connectivity index (χ3v) is 4.53. The van der Waals surface area contributed by atoms with Crippen molar-refractivity contribution in [3.63, 3.8) is 0 Å². The number of carbonyl (C=O) groups excluding carboxylic acids is 1. The van der Waals surface area contributed by atoms with Crippen LogP contribution in [-0.4, -0.2) is 32.0 Å². The van der Waals surface area contributed by atoms with Crippen LogP contribution in [0.25, 0.3) is 0 Å².